The molecule has 0 amide bonds. The van der Waals surface area contributed by atoms with Crippen LogP contribution in [0.25, 0.3) is 11.3 Å². The first-order chi connectivity index (χ1) is 11.7. The Labute approximate surface area is 158 Å². The summed E-state index contributed by atoms with van der Waals surface area (Å²) in [5.41, 5.74) is 4.47. The lowest BCUT2D eigenvalue weighted by molar-refractivity contribution is -0.689. The number of carbonyl (C=O) groups excluding carboxylic acids is 1. The molecule has 3 nitrogen and oxygen atoms in total. The first-order valence-corrected chi connectivity index (χ1v) is 8.49. The molecule has 4 rings (SSSR count). The van der Waals surface area contributed by atoms with Crippen molar-refractivity contribution in [1.82, 2.24) is 4.57 Å². The number of halogens is 1. The lowest BCUT2D eigenvalue weighted by atomic mass is 10.1. The highest BCUT2D eigenvalue weighted by molar-refractivity contribution is 5.95. The van der Waals surface area contributed by atoms with Crippen LogP contribution in [-0.2, 0) is 19.5 Å². The molecule has 1 aromatic heterocycles. The number of hydrogen-bond donors (Lipinski definition) is 0. The van der Waals surface area contributed by atoms with Crippen molar-refractivity contribution in [3.05, 3.63) is 77.7 Å². The second kappa shape index (κ2) is 7.36. The van der Waals surface area contributed by atoms with Gasteiger partial charge in [-0.05, 0) is 13.3 Å². The van der Waals surface area contributed by atoms with Gasteiger partial charge in [0.05, 0.1) is 13.0 Å². The fourth-order valence-corrected chi connectivity index (χ4v) is 3.47. The molecule has 3 aromatic rings. The van der Waals surface area contributed by atoms with Crippen molar-refractivity contribution in [2.45, 2.75) is 32.9 Å². The van der Waals surface area contributed by atoms with E-state index < -0.39 is 0 Å². The van der Waals surface area contributed by atoms with Crippen molar-refractivity contribution >= 4 is 5.78 Å². The minimum absolute atomic E-state index is 0. The Morgan fingerprint density at radius 3 is 2.52 bits per heavy atom. The van der Waals surface area contributed by atoms with E-state index in [-0.39, 0.29) is 22.8 Å². The summed E-state index contributed by atoms with van der Waals surface area (Å²) >= 11 is 0. The Balaban J connectivity index is 0.00000182. The van der Waals surface area contributed by atoms with Gasteiger partial charge in [-0.1, -0.05) is 60.2 Å². The molecule has 0 atom stereocenters. The molecule has 0 saturated heterocycles. The van der Waals surface area contributed by atoms with Crippen LogP contribution in [0.4, 0.5) is 0 Å². The van der Waals surface area contributed by atoms with Crippen molar-refractivity contribution in [1.29, 1.82) is 0 Å². The Hall–Kier alpha value is -2.20. The summed E-state index contributed by atoms with van der Waals surface area (Å²) in [7, 11) is 0. The summed E-state index contributed by atoms with van der Waals surface area (Å²) in [5.74, 6) is 1.42. The Morgan fingerprint density at radius 1 is 1.08 bits per heavy atom. The van der Waals surface area contributed by atoms with Crippen LogP contribution >= 0.6 is 0 Å². The molecule has 0 saturated carbocycles. The van der Waals surface area contributed by atoms with Crippen LogP contribution in [0, 0.1) is 6.92 Å². The third-order valence-corrected chi connectivity index (χ3v) is 4.75. The monoisotopic (exact) mass is 396 g/mol. The van der Waals surface area contributed by atoms with Crippen molar-refractivity contribution in [3.8, 4) is 11.3 Å². The zero-order valence-corrected chi connectivity index (χ0v) is 15.9. The molecule has 0 radical (unpaired) electrons. The molecule has 25 heavy (non-hydrogen) atoms. The van der Waals surface area contributed by atoms with Crippen LogP contribution in [0.2, 0.25) is 0 Å². The fraction of sp³-hybridized carbons (Fsp3) is 0.238. The van der Waals surface area contributed by atoms with E-state index in [1.54, 1.807) is 0 Å². The average Bonchev–Trinajstić information content (AvgIpc) is 3.20. The van der Waals surface area contributed by atoms with Gasteiger partial charge in [0.2, 0.25) is 5.78 Å². The van der Waals surface area contributed by atoms with Gasteiger partial charge in [-0.2, -0.15) is 0 Å². The largest absolute Gasteiger partial charge is 1.00 e. The Morgan fingerprint density at radius 2 is 1.80 bits per heavy atom. The molecule has 4 heteroatoms. The molecule has 0 fully saturated rings. The number of Topliss-reactive ketones (excluding diaryl/α,β-unsaturated/α-hetero) is 1. The SMILES string of the molecule is Cc1ccc(-c2c[n+](CC(=O)c3ccccc3)c3n2CCC3)cc1.[Br-]. The summed E-state index contributed by atoms with van der Waals surface area (Å²) in [4.78, 5) is 12.6. The topological polar surface area (TPSA) is 25.9 Å². The molecular weight excluding hydrogens is 376 g/mol. The first kappa shape index (κ1) is 17.6. The van der Waals surface area contributed by atoms with Gasteiger partial charge >= 0.3 is 0 Å². The summed E-state index contributed by atoms with van der Waals surface area (Å²) in [6.07, 6.45) is 4.32. The lowest BCUT2D eigenvalue weighted by Crippen LogP contribution is -3.00. The number of imidazole rings is 1. The van der Waals surface area contributed by atoms with Crippen molar-refractivity contribution < 1.29 is 26.3 Å². The van der Waals surface area contributed by atoms with E-state index >= 15 is 0 Å². The maximum absolute atomic E-state index is 12.6. The maximum Gasteiger partial charge on any atom is 0.257 e. The highest BCUT2D eigenvalue weighted by atomic mass is 79.9. The van der Waals surface area contributed by atoms with Crippen LogP contribution < -0.4 is 21.5 Å². The predicted molar refractivity (Wildman–Crippen MR) is 93.9 cm³/mol. The number of ketones is 1. The molecule has 2 aromatic carbocycles. The number of fused-ring (bicyclic) bond motifs is 1. The quantitative estimate of drug-likeness (QED) is 0.468. The Bertz CT molecular complexity index is 882. The number of aryl methyl sites for hydroxylation is 1. The van der Waals surface area contributed by atoms with E-state index in [9.17, 15) is 4.79 Å². The highest BCUT2D eigenvalue weighted by Crippen LogP contribution is 2.25. The minimum atomic E-state index is 0. The second-order valence-corrected chi connectivity index (χ2v) is 6.47. The van der Waals surface area contributed by atoms with Crippen molar-refractivity contribution in [2.24, 2.45) is 0 Å². The van der Waals surface area contributed by atoms with E-state index in [2.05, 4.69) is 46.5 Å². The molecule has 0 N–H and O–H groups in total. The van der Waals surface area contributed by atoms with E-state index in [1.165, 1.54) is 22.6 Å². The van der Waals surface area contributed by atoms with Crippen LogP contribution in [0.5, 0.6) is 0 Å². The molecule has 0 bridgehead atoms. The number of nitrogens with zero attached hydrogens (tertiary/aromatic N) is 2. The second-order valence-electron chi connectivity index (χ2n) is 6.47. The third-order valence-electron chi connectivity index (χ3n) is 4.75. The van der Waals surface area contributed by atoms with Gasteiger partial charge in [-0.25, -0.2) is 9.13 Å². The molecule has 2 heterocycles. The van der Waals surface area contributed by atoms with Gasteiger partial charge in [0.25, 0.3) is 5.82 Å². The van der Waals surface area contributed by atoms with Crippen LogP contribution in [0.15, 0.2) is 60.8 Å². The van der Waals surface area contributed by atoms with Crippen LogP contribution in [0.3, 0.4) is 0 Å². The number of carbonyl (C=O) groups is 1. The summed E-state index contributed by atoms with van der Waals surface area (Å²) in [6, 6.07) is 18.2. The van der Waals surface area contributed by atoms with E-state index in [1.807, 2.05) is 30.3 Å². The minimum Gasteiger partial charge on any atom is -1.00 e. The van der Waals surface area contributed by atoms with Gasteiger partial charge in [0, 0.05) is 11.1 Å². The molecular formula is C21H21BrN2O. The normalized spacial score (nSPS) is 12.5. The Kier molecular flexibility index (Phi) is 5.19. The summed E-state index contributed by atoms with van der Waals surface area (Å²) in [6.45, 7) is 3.54. The maximum atomic E-state index is 12.6. The third kappa shape index (κ3) is 3.45. The molecule has 1 aliphatic heterocycles. The molecule has 0 spiro atoms. The van der Waals surface area contributed by atoms with E-state index in [0.29, 0.717) is 6.54 Å². The van der Waals surface area contributed by atoms with Gasteiger partial charge < -0.3 is 17.0 Å². The zero-order valence-electron chi connectivity index (χ0n) is 14.3. The number of hydrogen-bond acceptors (Lipinski definition) is 1. The lowest BCUT2D eigenvalue weighted by Gasteiger charge is -1.99. The highest BCUT2D eigenvalue weighted by Gasteiger charge is 2.29. The van der Waals surface area contributed by atoms with Crippen molar-refractivity contribution in [2.75, 3.05) is 0 Å². The summed E-state index contributed by atoms with van der Waals surface area (Å²) in [5, 5.41) is 0. The van der Waals surface area contributed by atoms with Gasteiger partial charge in [0.15, 0.2) is 12.2 Å². The first-order valence-electron chi connectivity index (χ1n) is 8.49. The number of rotatable bonds is 4. The van der Waals surface area contributed by atoms with Gasteiger partial charge in [0.1, 0.15) is 6.20 Å². The molecule has 128 valence electrons. The molecule has 0 aliphatic carbocycles. The van der Waals surface area contributed by atoms with E-state index in [4.69, 9.17) is 0 Å². The zero-order chi connectivity index (χ0) is 16.5. The van der Waals surface area contributed by atoms with Gasteiger partial charge in [-0.3, -0.25) is 4.79 Å². The average molecular weight is 397 g/mol. The predicted octanol–water partition coefficient (Wildman–Crippen LogP) is 0.584. The standard InChI is InChI=1S/C21H21N2O.BrH/c1-16-9-11-17(12-10-16)19-14-22(21-8-5-13-23(19)21)15-20(24)18-6-3-2-4-7-18;/h2-4,6-7,9-12,14H,5,8,13,15H2,1H3;1H/q+1;/p-1. The van der Waals surface area contributed by atoms with Crippen LogP contribution in [-0.4, -0.2) is 10.4 Å². The molecule has 1 aliphatic rings. The number of aromatic nitrogens is 2. The van der Waals surface area contributed by atoms with Crippen LogP contribution in [0.1, 0.15) is 28.2 Å². The van der Waals surface area contributed by atoms with E-state index in [0.717, 1.165) is 24.9 Å². The van der Waals surface area contributed by atoms with Gasteiger partial charge in [-0.15, -0.1) is 0 Å². The van der Waals surface area contributed by atoms with Crippen molar-refractivity contribution in [3.63, 3.8) is 0 Å². The molecule has 0 unspecified atom stereocenters. The smallest absolute Gasteiger partial charge is 0.257 e. The number of benzene rings is 2. The summed E-state index contributed by atoms with van der Waals surface area (Å²) < 4.78 is 4.50. The fourth-order valence-electron chi connectivity index (χ4n) is 3.47.